The van der Waals surface area contributed by atoms with Crippen LogP contribution >= 0.6 is 0 Å². The summed E-state index contributed by atoms with van der Waals surface area (Å²) in [5, 5.41) is 3.73. The molecule has 2 aliphatic heterocycles. The fraction of sp³-hybridized carbons (Fsp3) is 0.261. The molecule has 0 saturated carbocycles. The number of fused-ring (bicyclic) bond motifs is 3. The molecular weight excluding hydrogens is 399 g/mol. The molecule has 31 heavy (non-hydrogen) atoms. The Balaban J connectivity index is 1.34. The van der Waals surface area contributed by atoms with Crippen molar-refractivity contribution in [2.45, 2.75) is 25.4 Å². The van der Waals surface area contributed by atoms with Crippen LogP contribution in [0.25, 0.3) is 10.9 Å². The molecule has 8 heteroatoms. The van der Waals surface area contributed by atoms with E-state index in [0.717, 1.165) is 27.1 Å². The van der Waals surface area contributed by atoms with Gasteiger partial charge in [-0.1, -0.05) is 30.3 Å². The lowest BCUT2D eigenvalue weighted by atomic mass is 9.92. The molecule has 1 saturated heterocycles. The Labute approximate surface area is 177 Å². The summed E-state index contributed by atoms with van der Waals surface area (Å²) in [7, 11) is 0. The van der Waals surface area contributed by atoms with Gasteiger partial charge in [-0.3, -0.25) is 14.5 Å². The summed E-state index contributed by atoms with van der Waals surface area (Å²) in [6, 6.07) is 12.7. The van der Waals surface area contributed by atoms with Gasteiger partial charge in [0.2, 0.25) is 5.91 Å². The third-order valence-electron chi connectivity index (χ3n) is 6.23. The van der Waals surface area contributed by atoms with Gasteiger partial charge in [0.15, 0.2) is 0 Å². The molecule has 0 radical (unpaired) electrons. The molecule has 7 nitrogen and oxygen atoms in total. The summed E-state index contributed by atoms with van der Waals surface area (Å²) in [5.74, 6) is -1.25. The van der Waals surface area contributed by atoms with Gasteiger partial charge >= 0.3 is 6.03 Å². The van der Waals surface area contributed by atoms with Crippen LogP contribution in [0.15, 0.2) is 48.5 Å². The van der Waals surface area contributed by atoms with E-state index >= 15 is 0 Å². The third-order valence-corrected chi connectivity index (χ3v) is 6.23. The first-order chi connectivity index (χ1) is 14.9. The van der Waals surface area contributed by atoms with Crippen LogP contribution < -0.4 is 5.32 Å². The number of benzene rings is 2. The number of nitrogens with zero attached hydrogens (tertiary/aromatic N) is 2. The van der Waals surface area contributed by atoms with Crippen LogP contribution in [0.1, 0.15) is 23.7 Å². The number of aromatic nitrogens is 1. The average Bonchev–Trinajstić information content (AvgIpc) is 3.24. The van der Waals surface area contributed by atoms with Crippen molar-refractivity contribution >= 4 is 28.7 Å². The molecule has 1 atom stereocenters. The molecule has 0 bridgehead atoms. The summed E-state index contributed by atoms with van der Waals surface area (Å²) in [5.41, 5.74) is 2.35. The lowest BCUT2D eigenvalue weighted by Gasteiger charge is -2.29. The van der Waals surface area contributed by atoms with Crippen LogP contribution in [-0.4, -0.2) is 45.7 Å². The van der Waals surface area contributed by atoms with Crippen LogP contribution in [0.4, 0.5) is 9.18 Å². The molecule has 5 rings (SSSR count). The van der Waals surface area contributed by atoms with E-state index in [-0.39, 0.29) is 12.5 Å². The minimum atomic E-state index is -1.34. The monoisotopic (exact) mass is 420 g/mol. The smallest absolute Gasteiger partial charge is 0.325 e. The van der Waals surface area contributed by atoms with E-state index < -0.39 is 23.3 Å². The summed E-state index contributed by atoms with van der Waals surface area (Å²) in [6.45, 7) is 2.16. The highest BCUT2D eigenvalue weighted by Gasteiger charge is 2.49. The number of hydrogen-bond acceptors (Lipinski definition) is 3. The number of carbonyl (C=O) groups is 3. The number of aromatic amines is 1. The van der Waals surface area contributed by atoms with Gasteiger partial charge in [0, 0.05) is 41.7 Å². The highest BCUT2D eigenvalue weighted by atomic mass is 19.1. The molecule has 3 heterocycles. The molecular formula is C23H21FN4O3. The zero-order valence-corrected chi connectivity index (χ0v) is 16.9. The highest BCUT2D eigenvalue weighted by molar-refractivity contribution is 6.09. The average molecular weight is 420 g/mol. The quantitative estimate of drug-likeness (QED) is 0.639. The predicted molar refractivity (Wildman–Crippen MR) is 111 cm³/mol. The Morgan fingerprint density at radius 2 is 1.87 bits per heavy atom. The standard InChI is InChI=1S/C23H21FN4O3/c1-23(14-6-8-15(24)9-7-14)21(30)28(22(31)26-23)13-20(29)27-11-10-19-17(12-27)16-4-2-3-5-18(16)25-19/h2-9,25H,10-13H2,1H3,(H,26,31). The lowest BCUT2D eigenvalue weighted by molar-refractivity contribution is -0.139. The number of nitrogens with one attached hydrogen (secondary N) is 2. The predicted octanol–water partition coefficient (Wildman–Crippen LogP) is 2.66. The first kappa shape index (κ1) is 19.3. The lowest BCUT2D eigenvalue weighted by Crippen LogP contribution is -2.45. The molecule has 158 valence electrons. The van der Waals surface area contributed by atoms with Crippen molar-refractivity contribution in [2.24, 2.45) is 0 Å². The van der Waals surface area contributed by atoms with Crippen LogP contribution in [0, 0.1) is 5.82 Å². The Kier molecular flexibility index (Phi) is 4.32. The number of rotatable bonds is 3. The molecule has 1 unspecified atom stereocenters. The molecule has 1 aromatic heterocycles. The topological polar surface area (TPSA) is 85.5 Å². The summed E-state index contributed by atoms with van der Waals surface area (Å²) in [4.78, 5) is 44.6. The number of hydrogen-bond donors (Lipinski definition) is 2. The Hall–Kier alpha value is -3.68. The number of H-pyrrole nitrogens is 1. The number of amides is 4. The van der Waals surface area contributed by atoms with Crippen molar-refractivity contribution in [2.75, 3.05) is 13.1 Å². The first-order valence-corrected chi connectivity index (χ1v) is 10.1. The third kappa shape index (κ3) is 3.06. The van der Waals surface area contributed by atoms with Gasteiger partial charge in [0.05, 0.1) is 0 Å². The van der Waals surface area contributed by atoms with E-state index in [0.29, 0.717) is 25.1 Å². The Morgan fingerprint density at radius 3 is 2.65 bits per heavy atom. The molecule has 0 spiro atoms. The molecule has 1 fully saturated rings. The van der Waals surface area contributed by atoms with Gasteiger partial charge < -0.3 is 15.2 Å². The van der Waals surface area contributed by atoms with E-state index in [1.54, 1.807) is 11.8 Å². The number of para-hydroxylation sites is 1. The van der Waals surface area contributed by atoms with Gasteiger partial charge in [0.25, 0.3) is 5.91 Å². The molecule has 4 amide bonds. The maximum atomic E-state index is 13.3. The van der Waals surface area contributed by atoms with Crippen molar-refractivity contribution in [3.8, 4) is 0 Å². The van der Waals surface area contributed by atoms with Gasteiger partial charge in [-0.05, 0) is 30.7 Å². The van der Waals surface area contributed by atoms with E-state index in [4.69, 9.17) is 0 Å². The molecule has 2 aliphatic rings. The minimum absolute atomic E-state index is 0.289. The van der Waals surface area contributed by atoms with E-state index in [9.17, 15) is 18.8 Å². The van der Waals surface area contributed by atoms with Crippen molar-refractivity contribution in [1.29, 1.82) is 0 Å². The van der Waals surface area contributed by atoms with Crippen molar-refractivity contribution in [3.05, 3.63) is 71.2 Å². The normalized spacial score (nSPS) is 20.8. The number of carbonyl (C=O) groups excluding carboxylic acids is 3. The van der Waals surface area contributed by atoms with Crippen LogP contribution in [0.5, 0.6) is 0 Å². The van der Waals surface area contributed by atoms with Crippen LogP contribution in [0.3, 0.4) is 0 Å². The highest BCUT2D eigenvalue weighted by Crippen LogP contribution is 2.30. The Morgan fingerprint density at radius 1 is 1.13 bits per heavy atom. The van der Waals surface area contributed by atoms with Gasteiger partial charge in [-0.2, -0.15) is 0 Å². The van der Waals surface area contributed by atoms with E-state index in [2.05, 4.69) is 10.3 Å². The van der Waals surface area contributed by atoms with Crippen molar-refractivity contribution in [3.63, 3.8) is 0 Å². The van der Waals surface area contributed by atoms with E-state index in [1.807, 2.05) is 24.3 Å². The second-order valence-corrected chi connectivity index (χ2v) is 8.15. The largest absolute Gasteiger partial charge is 0.358 e. The van der Waals surface area contributed by atoms with Gasteiger partial charge in [0.1, 0.15) is 17.9 Å². The number of urea groups is 1. The Bertz CT molecular complexity index is 1220. The zero-order chi connectivity index (χ0) is 21.8. The molecule has 2 aromatic carbocycles. The van der Waals surface area contributed by atoms with Crippen LogP contribution in [0.2, 0.25) is 0 Å². The van der Waals surface area contributed by atoms with Crippen LogP contribution in [-0.2, 0) is 28.1 Å². The van der Waals surface area contributed by atoms with Crippen molar-refractivity contribution in [1.82, 2.24) is 20.1 Å². The molecule has 2 N–H and O–H groups in total. The molecule has 3 aromatic rings. The number of imide groups is 1. The summed E-state index contributed by atoms with van der Waals surface area (Å²) < 4.78 is 13.3. The summed E-state index contributed by atoms with van der Waals surface area (Å²) >= 11 is 0. The van der Waals surface area contributed by atoms with Gasteiger partial charge in [-0.25, -0.2) is 9.18 Å². The second-order valence-electron chi connectivity index (χ2n) is 8.15. The maximum absolute atomic E-state index is 13.3. The number of halogens is 1. The zero-order valence-electron chi connectivity index (χ0n) is 16.9. The van der Waals surface area contributed by atoms with Crippen molar-refractivity contribution < 1.29 is 18.8 Å². The summed E-state index contributed by atoms with van der Waals surface area (Å²) in [6.07, 6.45) is 0.684. The van der Waals surface area contributed by atoms with E-state index in [1.165, 1.54) is 24.3 Å². The minimum Gasteiger partial charge on any atom is -0.358 e. The second kappa shape index (κ2) is 6.94. The molecule has 0 aliphatic carbocycles. The SMILES string of the molecule is CC1(c2ccc(F)cc2)NC(=O)N(CC(=O)N2CCc3[nH]c4ccccc4c3C2)C1=O. The fourth-order valence-corrected chi connectivity index (χ4v) is 4.43. The fourth-order valence-electron chi connectivity index (χ4n) is 4.43. The van der Waals surface area contributed by atoms with Gasteiger partial charge in [-0.15, -0.1) is 0 Å². The first-order valence-electron chi connectivity index (χ1n) is 10.1. The maximum Gasteiger partial charge on any atom is 0.325 e.